The van der Waals surface area contributed by atoms with Gasteiger partial charge in [-0.2, -0.15) is 4.39 Å². The molecule has 0 radical (unpaired) electrons. The minimum absolute atomic E-state index is 0.158. The van der Waals surface area contributed by atoms with Crippen molar-refractivity contribution in [3.63, 3.8) is 0 Å². The maximum absolute atomic E-state index is 12.9. The first-order valence-electron chi connectivity index (χ1n) is 3.87. The fraction of sp³-hybridized carbons (Fsp3) is 0. The molecule has 0 fully saturated rings. The van der Waals surface area contributed by atoms with Crippen LogP contribution in [0.25, 0.3) is 6.08 Å². The topological polar surface area (TPSA) is 20.2 Å². The maximum atomic E-state index is 12.9. The lowest BCUT2D eigenvalue weighted by Gasteiger charge is -2.07. The normalized spacial score (nSPS) is 12.3. The van der Waals surface area contributed by atoms with Crippen molar-refractivity contribution >= 4 is 13.1 Å². The smallest absolute Gasteiger partial charge is 0.502 e. The third-order valence-corrected chi connectivity index (χ3v) is 1.59. The molecule has 0 heterocycles. The number of phenolic OH excluding ortho intramolecular Hbond substituents is 1. The number of benzene rings is 1. The zero-order valence-electron chi connectivity index (χ0n) is 7.22. The Kier molecular flexibility index (Phi) is 3.02. The highest BCUT2D eigenvalue weighted by molar-refractivity contribution is 6.64. The molecule has 0 saturated carbocycles. The predicted octanol–water partition coefficient (Wildman–Crippen LogP) is 3.07. The quantitative estimate of drug-likeness (QED) is 0.603. The molecule has 1 nitrogen and oxygen atoms in total. The van der Waals surface area contributed by atoms with E-state index in [1.165, 1.54) is 0 Å². The summed E-state index contributed by atoms with van der Waals surface area (Å²) in [5, 5.41) is 8.70. The summed E-state index contributed by atoms with van der Waals surface area (Å²) in [6.45, 7) is -5.19. The molecule has 7 heteroatoms. The van der Waals surface area contributed by atoms with Gasteiger partial charge in [0.2, 0.25) is 5.82 Å². The molecule has 1 aromatic carbocycles. The molecule has 1 N–H and O–H groups in total. The SMILES string of the molecule is Oc1ccc(/C=C/[B-](F)(F)F)c(F)c1F. The Labute approximate surface area is 81.9 Å². The van der Waals surface area contributed by atoms with Crippen molar-refractivity contribution in [3.05, 3.63) is 35.3 Å². The molecule has 82 valence electrons. The molecule has 0 bridgehead atoms. The van der Waals surface area contributed by atoms with Crippen LogP contribution in [0, 0.1) is 11.6 Å². The number of hydrogen-bond donors (Lipinski definition) is 1. The van der Waals surface area contributed by atoms with Crippen molar-refractivity contribution in [2.45, 2.75) is 0 Å². The summed E-state index contributed by atoms with van der Waals surface area (Å²) in [5.74, 6) is -4.17. The average Bonchev–Trinajstić information content (AvgIpc) is 2.12. The summed E-state index contributed by atoms with van der Waals surface area (Å²) in [5.41, 5.74) is -0.565. The summed E-state index contributed by atoms with van der Waals surface area (Å²) in [6, 6.07) is 1.63. The van der Waals surface area contributed by atoms with E-state index in [1.807, 2.05) is 0 Å². The van der Waals surface area contributed by atoms with Gasteiger partial charge in [0.1, 0.15) is 0 Å². The number of halogens is 5. The van der Waals surface area contributed by atoms with Crippen molar-refractivity contribution in [3.8, 4) is 5.75 Å². The third kappa shape index (κ3) is 2.97. The van der Waals surface area contributed by atoms with Gasteiger partial charge in [-0.15, -0.1) is 5.98 Å². The molecule has 0 spiro atoms. The lowest BCUT2D eigenvalue weighted by atomic mass is 9.90. The van der Waals surface area contributed by atoms with Crippen molar-refractivity contribution < 1.29 is 26.8 Å². The minimum Gasteiger partial charge on any atom is -0.505 e. The average molecular weight is 223 g/mol. The number of aromatic hydroxyl groups is 1. The number of phenols is 1. The van der Waals surface area contributed by atoms with Gasteiger partial charge in [0, 0.05) is 5.56 Å². The van der Waals surface area contributed by atoms with Crippen LogP contribution in [-0.2, 0) is 0 Å². The third-order valence-electron chi connectivity index (χ3n) is 1.59. The molecular weight excluding hydrogens is 218 g/mol. The lowest BCUT2D eigenvalue weighted by molar-refractivity contribution is 0.406. The van der Waals surface area contributed by atoms with Crippen molar-refractivity contribution in [1.29, 1.82) is 0 Å². The second kappa shape index (κ2) is 3.92. The zero-order valence-corrected chi connectivity index (χ0v) is 7.22. The molecule has 0 saturated heterocycles. The minimum atomic E-state index is -5.19. The van der Waals surface area contributed by atoms with Crippen LogP contribution in [0.4, 0.5) is 21.7 Å². The summed E-state index contributed by atoms with van der Waals surface area (Å²) in [4.78, 5) is 0. The van der Waals surface area contributed by atoms with Crippen molar-refractivity contribution in [2.24, 2.45) is 0 Å². The van der Waals surface area contributed by atoms with Crippen LogP contribution in [-0.4, -0.2) is 12.1 Å². The highest BCUT2D eigenvalue weighted by atomic mass is 19.4. The van der Waals surface area contributed by atoms with Crippen LogP contribution in [0.1, 0.15) is 5.56 Å². The van der Waals surface area contributed by atoms with Gasteiger partial charge in [-0.1, -0.05) is 6.08 Å². The lowest BCUT2D eigenvalue weighted by Crippen LogP contribution is -2.09. The molecule has 1 aromatic rings. The second-order valence-electron chi connectivity index (χ2n) is 2.79. The first-order chi connectivity index (χ1) is 6.81. The van der Waals surface area contributed by atoms with Crippen molar-refractivity contribution in [2.75, 3.05) is 0 Å². The van der Waals surface area contributed by atoms with Gasteiger partial charge in [-0.05, 0) is 12.1 Å². The molecule has 0 atom stereocenters. The summed E-state index contributed by atoms with van der Waals surface area (Å²) in [6.07, 6.45) is 0.415. The van der Waals surface area contributed by atoms with Crippen molar-refractivity contribution in [1.82, 2.24) is 0 Å². The molecule has 0 aliphatic heterocycles. The van der Waals surface area contributed by atoms with Gasteiger partial charge in [0.25, 0.3) is 0 Å². The molecule has 1 rings (SSSR count). The standard InChI is InChI=1S/C8H5BF5O/c10-7-5(3-4-9(12,13)14)1-2-6(15)8(7)11/h1-4,15H/q-1/b4-3+. The molecule has 15 heavy (non-hydrogen) atoms. The molecule has 0 aromatic heterocycles. The maximum Gasteiger partial charge on any atom is 0.502 e. The van der Waals surface area contributed by atoms with Crippen LogP contribution in [0.2, 0.25) is 0 Å². The molecule has 0 unspecified atom stereocenters. The highest BCUT2D eigenvalue weighted by Crippen LogP contribution is 2.23. The monoisotopic (exact) mass is 223 g/mol. The fourth-order valence-corrected chi connectivity index (χ4v) is 0.896. The van der Waals surface area contributed by atoms with Gasteiger partial charge in [0.05, 0.1) is 0 Å². The Balaban J connectivity index is 3.08. The summed E-state index contributed by atoms with van der Waals surface area (Å²) >= 11 is 0. The van der Waals surface area contributed by atoms with E-state index in [-0.39, 0.29) is 5.98 Å². The van der Waals surface area contributed by atoms with E-state index in [0.717, 1.165) is 12.1 Å². The van der Waals surface area contributed by atoms with Crippen LogP contribution in [0.5, 0.6) is 5.75 Å². The predicted molar refractivity (Wildman–Crippen MR) is 46.1 cm³/mol. The van der Waals surface area contributed by atoms with Gasteiger partial charge < -0.3 is 18.1 Å². The Morgan fingerprint density at radius 2 is 1.67 bits per heavy atom. The number of hydrogen-bond acceptors (Lipinski definition) is 1. The van der Waals surface area contributed by atoms with Gasteiger partial charge in [-0.25, -0.2) is 4.39 Å². The Morgan fingerprint density at radius 1 is 1.07 bits per heavy atom. The first kappa shape index (κ1) is 11.5. The van der Waals surface area contributed by atoms with Gasteiger partial charge in [0.15, 0.2) is 11.6 Å². The molecule has 0 amide bonds. The van der Waals surface area contributed by atoms with E-state index in [4.69, 9.17) is 5.11 Å². The molecular formula is C8H5BF5O-. The Morgan fingerprint density at radius 3 is 2.20 bits per heavy atom. The van der Waals surface area contributed by atoms with E-state index in [2.05, 4.69) is 0 Å². The van der Waals surface area contributed by atoms with Gasteiger partial charge >= 0.3 is 6.98 Å². The van der Waals surface area contributed by atoms with Crippen LogP contribution >= 0.6 is 0 Å². The Hall–Kier alpha value is -1.53. The Bertz CT molecular complexity index is 399. The summed E-state index contributed by atoms with van der Waals surface area (Å²) in [7, 11) is 0. The first-order valence-corrected chi connectivity index (χ1v) is 3.87. The largest absolute Gasteiger partial charge is 0.505 e. The zero-order chi connectivity index (χ0) is 11.6. The van der Waals surface area contributed by atoms with Crippen LogP contribution in [0.3, 0.4) is 0 Å². The second-order valence-corrected chi connectivity index (χ2v) is 2.79. The van der Waals surface area contributed by atoms with Crippen LogP contribution < -0.4 is 0 Å². The summed E-state index contributed by atoms with van der Waals surface area (Å²) < 4.78 is 60.9. The highest BCUT2D eigenvalue weighted by Gasteiger charge is 2.18. The van der Waals surface area contributed by atoms with E-state index < -0.39 is 29.9 Å². The molecule has 0 aliphatic rings. The fourth-order valence-electron chi connectivity index (χ4n) is 0.896. The van der Waals surface area contributed by atoms with E-state index in [1.54, 1.807) is 0 Å². The van der Waals surface area contributed by atoms with Crippen LogP contribution in [0.15, 0.2) is 18.1 Å². The number of rotatable bonds is 2. The van der Waals surface area contributed by atoms with E-state index >= 15 is 0 Å². The van der Waals surface area contributed by atoms with E-state index in [9.17, 15) is 21.7 Å². The van der Waals surface area contributed by atoms with Gasteiger partial charge in [-0.3, -0.25) is 0 Å². The van der Waals surface area contributed by atoms with E-state index in [0.29, 0.717) is 6.08 Å². The molecule has 0 aliphatic carbocycles.